The molecule has 98 valence electrons. The van der Waals surface area contributed by atoms with Crippen molar-refractivity contribution >= 4 is 23.0 Å². The first-order chi connectivity index (χ1) is 8.69. The summed E-state index contributed by atoms with van der Waals surface area (Å²) in [4.78, 5) is 0. The van der Waals surface area contributed by atoms with Crippen molar-refractivity contribution in [2.75, 3.05) is 23.7 Å². The molecule has 1 aromatic rings. The first-order valence-corrected chi connectivity index (χ1v) is 7.33. The largest absolute Gasteiger partial charge is 0.383 e. The van der Waals surface area contributed by atoms with E-state index in [1.54, 1.807) is 0 Å². The molecule has 3 heteroatoms. The molecule has 0 atom stereocenters. The summed E-state index contributed by atoms with van der Waals surface area (Å²) < 4.78 is 0. The van der Waals surface area contributed by atoms with Gasteiger partial charge in [-0.1, -0.05) is 37.4 Å². The minimum absolute atomic E-state index is 0.412. The van der Waals surface area contributed by atoms with Crippen LogP contribution in [0.25, 0.3) is 0 Å². The van der Waals surface area contributed by atoms with Gasteiger partial charge in [0.15, 0.2) is 0 Å². The van der Waals surface area contributed by atoms with Gasteiger partial charge >= 0.3 is 0 Å². The van der Waals surface area contributed by atoms with E-state index in [-0.39, 0.29) is 0 Å². The smallest absolute Gasteiger partial charge is 0.0765 e. The third-order valence-corrected chi connectivity index (χ3v) is 4.96. The van der Waals surface area contributed by atoms with Crippen LogP contribution in [-0.2, 0) is 0 Å². The Morgan fingerprint density at radius 1 is 1.17 bits per heavy atom. The van der Waals surface area contributed by atoms with E-state index in [0.717, 1.165) is 35.4 Å². The molecule has 1 aromatic carbocycles. The van der Waals surface area contributed by atoms with E-state index >= 15 is 0 Å². The second-order valence-corrected chi connectivity index (χ2v) is 6.46. The number of benzene rings is 1. The van der Waals surface area contributed by atoms with E-state index in [2.05, 4.69) is 23.6 Å². The number of fused-ring (bicyclic) bond motifs is 1. The number of anilines is 2. The minimum atomic E-state index is 0.412. The fraction of sp³-hybridized carbons (Fsp3) is 0.600. The van der Waals surface area contributed by atoms with Gasteiger partial charge in [-0.25, -0.2) is 0 Å². The van der Waals surface area contributed by atoms with Crippen molar-refractivity contribution < 1.29 is 0 Å². The van der Waals surface area contributed by atoms with Crippen LogP contribution >= 0.6 is 11.6 Å². The summed E-state index contributed by atoms with van der Waals surface area (Å²) in [7, 11) is 0. The molecule has 1 spiro atoms. The van der Waals surface area contributed by atoms with Gasteiger partial charge in [-0.3, -0.25) is 0 Å². The summed E-state index contributed by atoms with van der Waals surface area (Å²) in [6.45, 7) is 4.49. The fourth-order valence-electron chi connectivity index (χ4n) is 3.20. The second kappa shape index (κ2) is 4.65. The summed E-state index contributed by atoms with van der Waals surface area (Å²) in [5.74, 6) is 0.893. The van der Waals surface area contributed by atoms with Gasteiger partial charge in [0.05, 0.1) is 16.4 Å². The second-order valence-electron chi connectivity index (χ2n) is 6.05. The van der Waals surface area contributed by atoms with Crippen molar-refractivity contribution in [2.24, 2.45) is 11.3 Å². The van der Waals surface area contributed by atoms with Gasteiger partial charge < -0.3 is 10.6 Å². The standard InChI is InChI=1S/C15H21ClN2/c1-11-5-7-15(8-6-11)9-17-13-4-2-3-12(16)14(13)18-10-15/h2-4,11,17-18H,5-10H2,1H3. The van der Waals surface area contributed by atoms with Crippen LogP contribution in [0.5, 0.6) is 0 Å². The lowest BCUT2D eigenvalue weighted by molar-refractivity contribution is 0.185. The first-order valence-electron chi connectivity index (χ1n) is 6.95. The molecule has 0 radical (unpaired) electrons. The summed E-state index contributed by atoms with van der Waals surface area (Å²) in [5.41, 5.74) is 2.64. The number of para-hydroxylation sites is 1. The fourth-order valence-corrected chi connectivity index (χ4v) is 3.44. The van der Waals surface area contributed by atoms with E-state index < -0.39 is 0 Å². The van der Waals surface area contributed by atoms with E-state index in [0.29, 0.717) is 5.41 Å². The number of halogens is 1. The quantitative estimate of drug-likeness (QED) is 0.727. The predicted molar refractivity (Wildman–Crippen MR) is 78.5 cm³/mol. The third-order valence-electron chi connectivity index (χ3n) is 4.64. The number of nitrogens with one attached hydrogen (secondary N) is 2. The van der Waals surface area contributed by atoms with Crippen LogP contribution in [0.3, 0.4) is 0 Å². The summed E-state index contributed by atoms with van der Waals surface area (Å²) >= 11 is 6.26. The molecule has 0 amide bonds. The molecule has 2 N–H and O–H groups in total. The normalized spacial score (nSPS) is 31.1. The SMILES string of the molecule is CC1CCC2(CC1)CNc1cccc(Cl)c1NC2. The van der Waals surface area contributed by atoms with Crippen LogP contribution in [0.1, 0.15) is 32.6 Å². The van der Waals surface area contributed by atoms with Crippen LogP contribution < -0.4 is 10.6 Å². The Bertz CT molecular complexity index is 436. The Morgan fingerprint density at radius 2 is 1.89 bits per heavy atom. The zero-order chi connectivity index (χ0) is 12.6. The monoisotopic (exact) mass is 264 g/mol. The molecule has 1 heterocycles. The maximum absolute atomic E-state index is 6.26. The Kier molecular flexibility index (Phi) is 3.14. The van der Waals surface area contributed by atoms with Crippen molar-refractivity contribution in [3.63, 3.8) is 0 Å². The maximum atomic E-state index is 6.26. The molecular weight excluding hydrogens is 244 g/mol. The molecule has 18 heavy (non-hydrogen) atoms. The zero-order valence-corrected chi connectivity index (χ0v) is 11.7. The lowest BCUT2D eigenvalue weighted by Gasteiger charge is -2.38. The van der Waals surface area contributed by atoms with Crippen LogP contribution in [0.2, 0.25) is 5.02 Å². The van der Waals surface area contributed by atoms with Gasteiger partial charge in [0, 0.05) is 18.5 Å². The molecule has 0 saturated heterocycles. The summed E-state index contributed by atoms with van der Waals surface area (Å²) in [5, 5.41) is 7.99. The molecule has 2 nitrogen and oxygen atoms in total. The van der Waals surface area contributed by atoms with E-state index in [1.165, 1.54) is 25.7 Å². The molecule has 1 aliphatic carbocycles. The topological polar surface area (TPSA) is 24.1 Å². The summed E-state index contributed by atoms with van der Waals surface area (Å²) in [6.07, 6.45) is 5.35. The molecule has 1 aliphatic heterocycles. The lowest BCUT2D eigenvalue weighted by Crippen LogP contribution is -2.38. The van der Waals surface area contributed by atoms with Gasteiger partial charge in [0.2, 0.25) is 0 Å². The van der Waals surface area contributed by atoms with Crippen LogP contribution in [-0.4, -0.2) is 13.1 Å². The number of hydrogen-bond donors (Lipinski definition) is 2. The van der Waals surface area contributed by atoms with E-state index in [1.807, 2.05) is 12.1 Å². The van der Waals surface area contributed by atoms with Gasteiger partial charge in [0.1, 0.15) is 0 Å². The molecule has 0 aromatic heterocycles. The molecule has 0 bridgehead atoms. The Labute approximate surface area is 114 Å². The van der Waals surface area contributed by atoms with Gasteiger partial charge in [-0.2, -0.15) is 0 Å². The Hall–Kier alpha value is -0.890. The lowest BCUT2D eigenvalue weighted by atomic mass is 9.71. The molecule has 3 rings (SSSR count). The van der Waals surface area contributed by atoms with Gasteiger partial charge in [-0.15, -0.1) is 0 Å². The maximum Gasteiger partial charge on any atom is 0.0765 e. The molecule has 2 aliphatic rings. The summed E-state index contributed by atoms with van der Waals surface area (Å²) in [6, 6.07) is 6.07. The Balaban J connectivity index is 1.80. The van der Waals surface area contributed by atoms with Crippen molar-refractivity contribution in [2.45, 2.75) is 32.6 Å². The highest BCUT2D eigenvalue weighted by atomic mass is 35.5. The van der Waals surface area contributed by atoms with Crippen LogP contribution in [0.4, 0.5) is 11.4 Å². The van der Waals surface area contributed by atoms with Crippen molar-refractivity contribution in [3.05, 3.63) is 23.2 Å². The molecular formula is C15H21ClN2. The van der Waals surface area contributed by atoms with Crippen molar-refractivity contribution in [1.82, 2.24) is 0 Å². The van der Waals surface area contributed by atoms with Crippen molar-refractivity contribution in [1.29, 1.82) is 0 Å². The zero-order valence-electron chi connectivity index (χ0n) is 10.9. The predicted octanol–water partition coefficient (Wildman–Crippen LogP) is 4.37. The first kappa shape index (κ1) is 12.2. The highest BCUT2D eigenvalue weighted by Crippen LogP contribution is 2.42. The van der Waals surface area contributed by atoms with E-state index in [4.69, 9.17) is 11.6 Å². The van der Waals surface area contributed by atoms with Gasteiger partial charge in [0.25, 0.3) is 0 Å². The number of hydrogen-bond acceptors (Lipinski definition) is 2. The van der Waals surface area contributed by atoms with Gasteiger partial charge in [-0.05, 0) is 30.9 Å². The average molecular weight is 265 g/mol. The minimum Gasteiger partial charge on any atom is -0.383 e. The van der Waals surface area contributed by atoms with Crippen molar-refractivity contribution in [3.8, 4) is 0 Å². The number of rotatable bonds is 0. The Morgan fingerprint density at radius 3 is 2.67 bits per heavy atom. The van der Waals surface area contributed by atoms with Crippen LogP contribution in [0, 0.1) is 11.3 Å². The molecule has 1 saturated carbocycles. The average Bonchev–Trinajstić information content (AvgIpc) is 2.56. The molecule has 0 unspecified atom stereocenters. The van der Waals surface area contributed by atoms with Crippen LogP contribution in [0.15, 0.2) is 18.2 Å². The molecule has 1 fully saturated rings. The highest BCUT2D eigenvalue weighted by Gasteiger charge is 2.35. The third kappa shape index (κ3) is 2.18. The highest BCUT2D eigenvalue weighted by molar-refractivity contribution is 6.34. The van der Waals surface area contributed by atoms with E-state index in [9.17, 15) is 0 Å².